The van der Waals surface area contributed by atoms with Crippen molar-refractivity contribution in [3.63, 3.8) is 0 Å². The van der Waals surface area contributed by atoms with Crippen molar-refractivity contribution in [2.24, 2.45) is 0 Å². The van der Waals surface area contributed by atoms with Gasteiger partial charge < -0.3 is 14.7 Å². The summed E-state index contributed by atoms with van der Waals surface area (Å²) in [6, 6.07) is 8.36. The van der Waals surface area contributed by atoms with Gasteiger partial charge >= 0.3 is 5.97 Å². The minimum atomic E-state index is -1.19. The summed E-state index contributed by atoms with van der Waals surface area (Å²) in [7, 11) is 0. The van der Waals surface area contributed by atoms with Crippen LogP contribution >= 0.6 is 0 Å². The molecule has 1 aliphatic rings. The van der Waals surface area contributed by atoms with E-state index in [1.807, 2.05) is 30.3 Å². The molecule has 1 saturated heterocycles. The van der Waals surface area contributed by atoms with Crippen molar-refractivity contribution >= 4 is 11.9 Å². The predicted molar refractivity (Wildman–Crippen MR) is 61.0 cm³/mol. The molecule has 1 aromatic carbocycles. The van der Waals surface area contributed by atoms with E-state index in [1.165, 1.54) is 5.06 Å². The van der Waals surface area contributed by atoms with E-state index in [0.717, 1.165) is 5.56 Å². The van der Waals surface area contributed by atoms with Gasteiger partial charge in [0.2, 0.25) is 0 Å². The minimum Gasteiger partial charge on any atom is -0.548 e. The highest BCUT2D eigenvalue weighted by atomic mass is 16.7. The van der Waals surface area contributed by atoms with Crippen LogP contribution in [0.2, 0.25) is 0 Å². The molecule has 1 atom stereocenters. The molecule has 5 heteroatoms. The third-order valence-corrected chi connectivity index (χ3v) is 2.89. The number of carboxylic acids is 1. The van der Waals surface area contributed by atoms with Gasteiger partial charge in [-0.2, -0.15) is 0 Å². The van der Waals surface area contributed by atoms with E-state index in [1.54, 1.807) is 0 Å². The Balaban J connectivity index is 1.90. The van der Waals surface area contributed by atoms with Crippen LogP contribution in [0.25, 0.3) is 0 Å². The van der Waals surface area contributed by atoms with Gasteiger partial charge in [0.1, 0.15) is 0 Å². The number of hydrogen-bond acceptors (Lipinski definition) is 5. The fraction of sp³-hybridized carbons (Fsp3) is 0.385. The van der Waals surface area contributed by atoms with Gasteiger partial charge in [0.05, 0.1) is 18.4 Å². The first-order valence-electron chi connectivity index (χ1n) is 5.89. The average molecular weight is 248 g/mol. The Labute approximate surface area is 105 Å². The average Bonchev–Trinajstić information content (AvgIpc) is 2.78. The monoisotopic (exact) mass is 248 g/mol. The molecule has 0 radical (unpaired) electrons. The fourth-order valence-electron chi connectivity index (χ4n) is 2.01. The number of carboxylic acid groups (broad SMARTS) is 1. The van der Waals surface area contributed by atoms with Gasteiger partial charge in [-0.15, -0.1) is 5.06 Å². The molecule has 0 spiro atoms. The number of benzene rings is 1. The molecule has 1 aliphatic heterocycles. The van der Waals surface area contributed by atoms with E-state index in [0.29, 0.717) is 19.4 Å². The Bertz CT molecular complexity index is 432. The predicted octanol–water partition coefficient (Wildman–Crippen LogP) is -0.0984. The molecule has 2 rings (SSSR count). The maximum absolute atomic E-state index is 11.7. The van der Waals surface area contributed by atoms with E-state index in [9.17, 15) is 14.7 Å². The Kier molecular flexibility index (Phi) is 3.94. The zero-order valence-electron chi connectivity index (χ0n) is 9.87. The summed E-state index contributed by atoms with van der Waals surface area (Å²) in [5, 5.41) is 12.0. The molecular weight excluding hydrogens is 234 g/mol. The van der Waals surface area contributed by atoms with Gasteiger partial charge in [0.25, 0.3) is 0 Å². The Hall–Kier alpha value is -1.88. The Morgan fingerprint density at radius 1 is 1.33 bits per heavy atom. The first-order chi connectivity index (χ1) is 8.66. The molecule has 5 nitrogen and oxygen atoms in total. The second-order valence-electron chi connectivity index (χ2n) is 4.24. The first kappa shape index (κ1) is 12.6. The largest absolute Gasteiger partial charge is 0.548 e. The number of hydroxylamine groups is 2. The normalized spacial score (nSPS) is 19.7. The van der Waals surface area contributed by atoms with Crippen LogP contribution in [0.4, 0.5) is 0 Å². The molecule has 0 bridgehead atoms. The van der Waals surface area contributed by atoms with Gasteiger partial charge in [-0.3, -0.25) is 0 Å². The minimum absolute atomic E-state index is 0.136. The number of carbonyl (C=O) groups excluding carboxylic acids is 2. The number of hydrogen-bond donors (Lipinski definition) is 0. The molecule has 18 heavy (non-hydrogen) atoms. The zero-order valence-corrected chi connectivity index (χ0v) is 9.87. The lowest BCUT2D eigenvalue weighted by atomic mass is 10.2. The van der Waals surface area contributed by atoms with Crippen molar-refractivity contribution in [1.82, 2.24) is 5.06 Å². The molecule has 0 aromatic heterocycles. The fourth-order valence-corrected chi connectivity index (χ4v) is 2.01. The maximum atomic E-state index is 11.7. The summed E-state index contributed by atoms with van der Waals surface area (Å²) in [5.41, 5.74) is 0.840. The van der Waals surface area contributed by atoms with E-state index in [-0.39, 0.29) is 6.42 Å². The lowest BCUT2D eigenvalue weighted by molar-refractivity contribution is -0.317. The first-order valence-corrected chi connectivity index (χ1v) is 5.89. The lowest BCUT2D eigenvalue weighted by Gasteiger charge is -2.23. The third-order valence-electron chi connectivity index (χ3n) is 2.89. The number of aliphatic carboxylic acids is 1. The number of rotatable bonds is 4. The molecule has 0 saturated carbocycles. The van der Waals surface area contributed by atoms with Gasteiger partial charge in [0.15, 0.2) is 0 Å². The second kappa shape index (κ2) is 5.64. The second-order valence-corrected chi connectivity index (χ2v) is 4.24. The van der Waals surface area contributed by atoms with E-state index in [2.05, 4.69) is 0 Å². The summed E-state index contributed by atoms with van der Waals surface area (Å²) in [6.45, 7) is 0.444. The topological polar surface area (TPSA) is 69.7 Å². The van der Waals surface area contributed by atoms with Gasteiger partial charge in [0, 0.05) is 6.54 Å². The van der Waals surface area contributed by atoms with Crippen LogP contribution in [0, 0.1) is 0 Å². The summed E-state index contributed by atoms with van der Waals surface area (Å²) in [6.07, 6.45) is 1.29. The summed E-state index contributed by atoms with van der Waals surface area (Å²) >= 11 is 0. The maximum Gasteiger partial charge on any atom is 0.329 e. The smallest absolute Gasteiger partial charge is 0.329 e. The molecule has 1 fully saturated rings. The van der Waals surface area contributed by atoms with Gasteiger partial charge in [-0.25, -0.2) is 4.79 Å². The quantitative estimate of drug-likeness (QED) is 0.744. The Morgan fingerprint density at radius 3 is 2.72 bits per heavy atom. The highest BCUT2D eigenvalue weighted by molar-refractivity contribution is 5.74. The van der Waals surface area contributed by atoms with Crippen LogP contribution in [0.3, 0.4) is 0 Å². The molecular formula is C13H14NO4-. The molecule has 0 amide bonds. The van der Waals surface area contributed by atoms with Crippen molar-refractivity contribution < 1.29 is 19.5 Å². The van der Waals surface area contributed by atoms with E-state index < -0.39 is 18.0 Å². The van der Waals surface area contributed by atoms with Gasteiger partial charge in [-0.05, 0) is 18.4 Å². The van der Waals surface area contributed by atoms with Gasteiger partial charge in [-0.1, -0.05) is 30.3 Å². The van der Waals surface area contributed by atoms with E-state index >= 15 is 0 Å². The number of nitrogens with zero attached hydrogens (tertiary/aromatic N) is 1. The van der Waals surface area contributed by atoms with Crippen LogP contribution in [0.5, 0.6) is 0 Å². The van der Waals surface area contributed by atoms with Crippen LogP contribution in [0.1, 0.15) is 18.4 Å². The lowest BCUT2D eigenvalue weighted by Crippen LogP contribution is -2.45. The molecule has 0 aliphatic carbocycles. The van der Waals surface area contributed by atoms with Crippen LogP contribution in [-0.2, 0) is 20.8 Å². The van der Waals surface area contributed by atoms with Crippen molar-refractivity contribution in [2.45, 2.75) is 25.3 Å². The summed E-state index contributed by atoms with van der Waals surface area (Å²) in [4.78, 5) is 27.5. The highest BCUT2D eigenvalue weighted by Crippen LogP contribution is 2.17. The number of carbonyl (C=O) groups is 2. The SMILES string of the molecule is O=C(Cc1ccccc1)ON1CCC[C@H]1C(=O)[O-]. The van der Waals surface area contributed by atoms with Crippen molar-refractivity contribution in [1.29, 1.82) is 0 Å². The summed E-state index contributed by atoms with van der Waals surface area (Å²) in [5.74, 6) is -1.64. The van der Waals surface area contributed by atoms with Crippen molar-refractivity contribution in [2.75, 3.05) is 6.54 Å². The standard InChI is InChI=1S/C13H15NO4/c15-12(9-10-5-2-1-3-6-10)18-14-8-4-7-11(14)13(16)17/h1-3,5-6,11H,4,7-9H2,(H,16,17)/p-1/t11-/m0/s1. The van der Waals surface area contributed by atoms with E-state index in [4.69, 9.17) is 4.84 Å². The van der Waals surface area contributed by atoms with Crippen molar-refractivity contribution in [3.8, 4) is 0 Å². The molecule has 1 heterocycles. The summed E-state index contributed by atoms with van der Waals surface area (Å²) < 4.78 is 0. The highest BCUT2D eigenvalue weighted by Gasteiger charge is 2.28. The third kappa shape index (κ3) is 3.07. The molecule has 1 aromatic rings. The van der Waals surface area contributed by atoms with Crippen LogP contribution < -0.4 is 5.11 Å². The van der Waals surface area contributed by atoms with Crippen LogP contribution in [0.15, 0.2) is 30.3 Å². The van der Waals surface area contributed by atoms with Crippen LogP contribution in [-0.4, -0.2) is 29.6 Å². The zero-order chi connectivity index (χ0) is 13.0. The molecule has 0 N–H and O–H groups in total. The molecule has 0 unspecified atom stereocenters. The van der Waals surface area contributed by atoms with Crippen molar-refractivity contribution in [3.05, 3.63) is 35.9 Å². The molecule has 96 valence electrons. The Morgan fingerprint density at radius 2 is 2.06 bits per heavy atom.